The van der Waals surface area contributed by atoms with Crippen molar-refractivity contribution in [3.63, 3.8) is 0 Å². The zero-order valence-electron chi connectivity index (χ0n) is 9.23. The third kappa shape index (κ3) is 3.89. The van der Waals surface area contributed by atoms with E-state index >= 15 is 0 Å². The molecule has 2 aromatic rings. The fraction of sp³-hybridized carbons (Fsp3) is 0.0833. The summed E-state index contributed by atoms with van der Waals surface area (Å²) in [5, 5.41) is 2.69. The quantitative estimate of drug-likeness (QED) is 0.902. The summed E-state index contributed by atoms with van der Waals surface area (Å²) in [4.78, 5) is 19.8. The monoisotopic (exact) mass is 369 g/mol. The lowest BCUT2D eigenvalue weighted by Gasteiger charge is -2.04. The molecule has 0 saturated heterocycles. The van der Waals surface area contributed by atoms with Crippen LogP contribution in [0.4, 0.5) is 5.82 Å². The van der Waals surface area contributed by atoms with Crippen molar-refractivity contribution in [1.82, 2.24) is 9.97 Å². The smallest absolute Gasteiger partial charge is 0.229 e. The molecule has 1 heterocycles. The van der Waals surface area contributed by atoms with Crippen LogP contribution in [0.5, 0.6) is 0 Å². The Morgan fingerprint density at radius 1 is 1.11 bits per heavy atom. The second-order valence-corrected chi connectivity index (χ2v) is 5.30. The largest absolute Gasteiger partial charge is 0.309 e. The Kier molecular flexibility index (Phi) is 4.43. The molecule has 0 aliphatic rings. The predicted molar refractivity (Wildman–Crippen MR) is 76.2 cm³/mol. The summed E-state index contributed by atoms with van der Waals surface area (Å²) in [5.74, 6) is 0.328. The van der Waals surface area contributed by atoms with Crippen molar-refractivity contribution in [2.24, 2.45) is 0 Å². The van der Waals surface area contributed by atoms with Crippen molar-refractivity contribution in [3.05, 3.63) is 51.3 Å². The van der Waals surface area contributed by atoms with E-state index < -0.39 is 0 Å². The average molecular weight is 371 g/mol. The van der Waals surface area contributed by atoms with Gasteiger partial charge in [-0.3, -0.25) is 4.79 Å². The van der Waals surface area contributed by atoms with Crippen molar-refractivity contribution >= 4 is 43.6 Å². The summed E-state index contributed by atoms with van der Waals surface area (Å²) in [6.07, 6.45) is 3.35. The minimum Gasteiger partial charge on any atom is -0.309 e. The number of nitrogens with one attached hydrogen (secondary N) is 1. The second-order valence-electron chi connectivity index (χ2n) is 3.58. The number of amides is 1. The Morgan fingerprint density at radius 3 is 2.44 bits per heavy atom. The second kappa shape index (κ2) is 6.06. The van der Waals surface area contributed by atoms with Gasteiger partial charge < -0.3 is 5.32 Å². The Morgan fingerprint density at radius 2 is 1.83 bits per heavy atom. The van der Waals surface area contributed by atoms with Crippen molar-refractivity contribution in [2.45, 2.75) is 6.42 Å². The van der Waals surface area contributed by atoms with E-state index in [4.69, 9.17) is 0 Å². The maximum Gasteiger partial charge on any atom is 0.229 e. The summed E-state index contributed by atoms with van der Waals surface area (Å²) >= 11 is 6.53. The summed E-state index contributed by atoms with van der Waals surface area (Å²) in [7, 11) is 0. The van der Waals surface area contributed by atoms with Gasteiger partial charge in [-0.2, -0.15) is 0 Å². The number of carbonyl (C=O) groups is 1. The minimum atomic E-state index is -0.117. The number of hydrogen-bond acceptors (Lipinski definition) is 3. The molecule has 0 spiro atoms. The molecule has 0 unspecified atom stereocenters. The summed E-state index contributed by atoms with van der Waals surface area (Å²) in [6, 6.07) is 7.61. The van der Waals surface area contributed by atoms with E-state index in [1.165, 1.54) is 12.4 Å². The van der Waals surface area contributed by atoms with Gasteiger partial charge in [-0.25, -0.2) is 9.97 Å². The van der Waals surface area contributed by atoms with Crippen LogP contribution in [0.1, 0.15) is 5.56 Å². The first-order valence-corrected chi connectivity index (χ1v) is 6.74. The first-order valence-electron chi connectivity index (χ1n) is 5.15. The zero-order valence-corrected chi connectivity index (χ0v) is 12.4. The highest BCUT2D eigenvalue weighted by atomic mass is 79.9. The van der Waals surface area contributed by atoms with E-state index in [0.29, 0.717) is 16.8 Å². The molecule has 0 aliphatic carbocycles. The van der Waals surface area contributed by atoms with Crippen molar-refractivity contribution in [3.8, 4) is 0 Å². The SMILES string of the molecule is O=C(Cc1ccc(Br)cc1)Nc1cnc(Br)cn1. The molecule has 1 aromatic carbocycles. The molecule has 0 aliphatic heterocycles. The lowest BCUT2D eigenvalue weighted by atomic mass is 10.1. The number of carbonyl (C=O) groups excluding carboxylic acids is 1. The van der Waals surface area contributed by atoms with Gasteiger partial charge in [0.25, 0.3) is 0 Å². The number of nitrogens with zero attached hydrogens (tertiary/aromatic N) is 2. The summed E-state index contributed by atoms with van der Waals surface area (Å²) in [6.45, 7) is 0. The molecule has 0 atom stereocenters. The molecular formula is C12H9Br2N3O. The Bertz CT molecular complexity index is 491. The first-order chi connectivity index (χ1) is 8.63. The van der Waals surface area contributed by atoms with Crippen molar-refractivity contribution in [2.75, 3.05) is 5.32 Å². The van der Waals surface area contributed by atoms with Gasteiger partial charge >= 0.3 is 0 Å². The van der Waals surface area contributed by atoms with Crippen LogP contribution >= 0.6 is 31.9 Å². The van der Waals surface area contributed by atoms with Crippen LogP contribution in [0.2, 0.25) is 0 Å². The highest BCUT2D eigenvalue weighted by molar-refractivity contribution is 9.10. The molecule has 0 radical (unpaired) electrons. The van der Waals surface area contributed by atoms with E-state index in [1.807, 2.05) is 24.3 Å². The standard InChI is InChI=1S/C12H9Br2N3O/c13-9-3-1-8(2-4-9)5-12(18)17-11-7-15-10(14)6-16-11/h1-4,6-7H,5H2,(H,16,17,18). The molecular weight excluding hydrogens is 362 g/mol. The predicted octanol–water partition coefficient (Wildman–Crippen LogP) is 3.18. The third-order valence-electron chi connectivity index (χ3n) is 2.17. The van der Waals surface area contributed by atoms with Crippen molar-refractivity contribution in [1.29, 1.82) is 0 Å². The third-order valence-corrected chi connectivity index (χ3v) is 3.10. The topological polar surface area (TPSA) is 54.9 Å². The molecule has 6 heteroatoms. The number of aromatic nitrogens is 2. The van der Waals surface area contributed by atoms with Gasteiger partial charge in [0, 0.05) is 4.47 Å². The molecule has 4 nitrogen and oxygen atoms in total. The van der Waals surface area contributed by atoms with E-state index in [0.717, 1.165) is 10.0 Å². The molecule has 92 valence electrons. The van der Waals surface area contributed by atoms with Crippen LogP contribution in [0, 0.1) is 0 Å². The fourth-order valence-corrected chi connectivity index (χ4v) is 1.82. The van der Waals surface area contributed by atoms with Gasteiger partial charge in [0.05, 0.1) is 18.8 Å². The highest BCUT2D eigenvalue weighted by Gasteiger charge is 2.05. The molecule has 1 N–H and O–H groups in total. The summed E-state index contributed by atoms with van der Waals surface area (Å²) in [5.41, 5.74) is 0.945. The average Bonchev–Trinajstić information content (AvgIpc) is 2.35. The van der Waals surface area contributed by atoms with Crippen LogP contribution in [0.15, 0.2) is 45.7 Å². The van der Waals surface area contributed by atoms with E-state index in [9.17, 15) is 4.79 Å². The molecule has 0 bridgehead atoms. The van der Waals surface area contributed by atoms with E-state index in [2.05, 4.69) is 47.1 Å². The van der Waals surface area contributed by atoms with Gasteiger partial charge in [-0.1, -0.05) is 28.1 Å². The molecule has 0 saturated carbocycles. The number of halogens is 2. The van der Waals surface area contributed by atoms with Gasteiger partial charge in [0.15, 0.2) is 5.82 Å². The van der Waals surface area contributed by atoms with E-state index in [1.54, 1.807) is 0 Å². The maximum atomic E-state index is 11.7. The van der Waals surface area contributed by atoms with Crippen LogP contribution in [-0.2, 0) is 11.2 Å². The van der Waals surface area contributed by atoms with Gasteiger partial charge in [0.2, 0.25) is 5.91 Å². The lowest BCUT2D eigenvalue weighted by molar-refractivity contribution is -0.115. The Balaban J connectivity index is 1.96. The maximum absolute atomic E-state index is 11.7. The molecule has 0 fully saturated rings. The molecule has 18 heavy (non-hydrogen) atoms. The molecule has 2 rings (SSSR count). The Labute approximate surface area is 121 Å². The normalized spacial score (nSPS) is 10.1. The van der Waals surface area contributed by atoms with Gasteiger partial charge in [0.1, 0.15) is 4.60 Å². The minimum absolute atomic E-state index is 0.117. The molecule has 1 amide bonds. The van der Waals surface area contributed by atoms with Crippen LogP contribution in [-0.4, -0.2) is 15.9 Å². The zero-order chi connectivity index (χ0) is 13.0. The number of anilines is 1. The van der Waals surface area contributed by atoms with Crippen LogP contribution in [0.25, 0.3) is 0 Å². The molecule has 1 aromatic heterocycles. The first kappa shape index (κ1) is 13.2. The van der Waals surface area contributed by atoms with Gasteiger partial charge in [-0.15, -0.1) is 0 Å². The highest BCUT2D eigenvalue weighted by Crippen LogP contribution is 2.12. The fourth-order valence-electron chi connectivity index (χ4n) is 1.35. The van der Waals surface area contributed by atoms with Crippen molar-refractivity contribution < 1.29 is 4.79 Å². The number of rotatable bonds is 3. The van der Waals surface area contributed by atoms with Crippen LogP contribution < -0.4 is 5.32 Å². The summed E-state index contributed by atoms with van der Waals surface area (Å²) < 4.78 is 1.62. The Hall–Kier alpha value is -1.27. The lowest BCUT2D eigenvalue weighted by Crippen LogP contribution is -2.15. The van der Waals surface area contributed by atoms with Crippen LogP contribution in [0.3, 0.4) is 0 Å². The number of benzene rings is 1. The van der Waals surface area contributed by atoms with E-state index in [-0.39, 0.29) is 5.91 Å². The number of hydrogen-bond donors (Lipinski definition) is 1. The van der Waals surface area contributed by atoms with Gasteiger partial charge in [-0.05, 0) is 33.6 Å².